The average Bonchev–Trinajstić information content (AvgIpc) is 2.86. The van der Waals surface area contributed by atoms with Gasteiger partial charge in [-0.05, 0) is 57.6 Å². The summed E-state index contributed by atoms with van der Waals surface area (Å²) >= 11 is 0. The van der Waals surface area contributed by atoms with Crippen molar-refractivity contribution in [2.75, 3.05) is 0 Å². The molecule has 0 fully saturated rings. The van der Waals surface area contributed by atoms with Gasteiger partial charge in [0.1, 0.15) is 18.4 Å². The first-order valence-electron chi connectivity index (χ1n) is 11.3. The Bertz CT molecular complexity index is 1420. The zero-order valence-electron chi connectivity index (χ0n) is 19.5. The van der Waals surface area contributed by atoms with Crippen LogP contribution >= 0.6 is 0 Å². The molecular formula is C28H27NO5S. The van der Waals surface area contributed by atoms with Crippen molar-refractivity contribution in [3.63, 3.8) is 0 Å². The van der Waals surface area contributed by atoms with Crippen LogP contribution in [0.2, 0.25) is 0 Å². The van der Waals surface area contributed by atoms with Crippen LogP contribution in [0.15, 0.2) is 95.9 Å². The lowest BCUT2D eigenvalue weighted by atomic mass is 10.1. The summed E-state index contributed by atoms with van der Waals surface area (Å²) < 4.78 is 33.5. The van der Waals surface area contributed by atoms with Gasteiger partial charge in [-0.25, -0.2) is 8.42 Å². The predicted molar refractivity (Wildman–Crippen MR) is 137 cm³/mol. The normalized spacial score (nSPS) is 12.5. The van der Waals surface area contributed by atoms with E-state index in [4.69, 9.17) is 4.74 Å². The van der Waals surface area contributed by atoms with Gasteiger partial charge in [0.25, 0.3) is 0 Å². The zero-order valence-corrected chi connectivity index (χ0v) is 20.3. The second kappa shape index (κ2) is 10.3. The monoisotopic (exact) mass is 489 g/mol. The van der Waals surface area contributed by atoms with Gasteiger partial charge < -0.3 is 9.84 Å². The number of hydrogen-bond acceptors (Lipinski definition) is 4. The van der Waals surface area contributed by atoms with Crippen LogP contribution in [0.3, 0.4) is 0 Å². The van der Waals surface area contributed by atoms with Crippen molar-refractivity contribution in [3.05, 3.63) is 96.6 Å². The van der Waals surface area contributed by atoms with Gasteiger partial charge in [-0.2, -0.15) is 4.72 Å². The van der Waals surface area contributed by atoms with Crippen molar-refractivity contribution in [1.82, 2.24) is 4.72 Å². The highest BCUT2D eigenvalue weighted by Gasteiger charge is 2.27. The van der Waals surface area contributed by atoms with E-state index in [1.165, 1.54) is 22.9 Å². The van der Waals surface area contributed by atoms with Gasteiger partial charge in [0.15, 0.2) is 0 Å². The van der Waals surface area contributed by atoms with Crippen LogP contribution in [0.25, 0.3) is 21.9 Å². The summed E-state index contributed by atoms with van der Waals surface area (Å²) in [5.74, 6) is -0.857. The van der Waals surface area contributed by atoms with E-state index in [0.717, 1.165) is 22.4 Å². The summed E-state index contributed by atoms with van der Waals surface area (Å²) in [7, 11) is -3.96. The minimum Gasteiger partial charge on any atom is -0.489 e. The maximum Gasteiger partial charge on any atom is 0.322 e. The highest BCUT2D eigenvalue weighted by Crippen LogP contribution is 2.26. The van der Waals surface area contributed by atoms with Crippen molar-refractivity contribution in [1.29, 1.82) is 0 Å². The van der Waals surface area contributed by atoms with Gasteiger partial charge in [0.05, 0.1) is 4.90 Å². The van der Waals surface area contributed by atoms with E-state index in [1.807, 2.05) is 42.5 Å². The van der Waals surface area contributed by atoms with Crippen LogP contribution in [-0.2, 0) is 21.4 Å². The van der Waals surface area contributed by atoms with Crippen molar-refractivity contribution >= 4 is 26.8 Å². The SMILES string of the molecule is CC(C)C(NS(=O)(=O)c1ccc(-c2ccc(OCc3cccc4ccccc34)cc2)cc1)C(=O)O. The summed E-state index contributed by atoms with van der Waals surface area (Å²) in [5.41, 5.74) is 2.85. The van der Waals surface area contributed by atoms with Gasteiger partial charge in [-0.15, -0.1) is 0 Å². The lowest BCUT2D eigenvalue weighted by Gasteiger charge is -2.18. The molecule has 4 aromatic carbocycles. The summed E-state index contributed by atoms with van der Waals surface area (Å²) in [6.45, 7) is 3.76. The van der Waals surface area contributed by atoms with Crippen molar-refractivity contribution in [2.24, 2.45) is 5.92 Å². The Balaban J connectivity index is 1.44. The van der Waals surface area contributed by atoms with Crippen molar-refractivity contribution < 1.29 is 23.1 Å². The fourth-order valence-corrected chi connectivity index (χ4v) is 5.19. The van der Waals surface area contributed by atoms with E-state index in [9.17, 15) is 18.3 Å². The van der Waals surface area contributed by atoms with E-state index in [-0.39, 0.29) is 10.8 Å². The number of carbonyl (C=O) groups is 1. The molecule has 0 bridgehead atoms. The molecule has 2 N–H and O–H groups in total. The molecule has 0 amide bonds. The van der Waals surface area contributed by atoms with Crippen LogP contribution in [0, 0.1) is 5.92 Å². The molecule has 0 saturated heterocycles. The molecule has 180 valence electrons. The third-order valence-corrected chi connectivity index (χ3v) is 7.30. The molecule has 0 radical (unpaired) electrons. The average molecular weight is 490 g/mol. The van der Waals surface area contributed by atoms with Crippen molar-refractivity contribution in [2.45, 2.75) is 31.4 Å². The van der Waals surface area contributed by atoms with E-state index < -0.39 is 22.0 Å². The lowest BCUT2D eigenvalue weighted by molar-refractivity contribution is -0.140. The molecule has 7 heteroatoms. The molecule has 4 aromatic rings. The quantitative estimate of drug-likeness (QED) is 0.325. The first-order valence-corrected chi connectivity index (χ1v) is 12.8. The van der Waals surface area contributed by atoms with Gasteiger partial charge in [-0.3, -0.25) is 4.79 Å². The van der Waals surface area contributed by atoms with E-state index in [2.05, 4.69) is 29.0 Å². The summed E-state index contributed by atoms with van der Waals surface area (Å²) in [5, 5.41) is 11.6. The standard InChI is InChI=1S/C28H27NO5S/c1-19(2)27(28(30)31)29-35(32,33)25-16-12-21(13-17-25)20-10-14-24(15-11-20)34-18-23-8-5-7-22-6-3-4-9-26(22)23/h3-17,19,27,29H,18H2,1-2H3,(H,30,31). The summed E-state index contributed by atoms with van der Waals surface area (Å²) in [6.07, 6.45) is 0. The second-order valence-electron chi connectivity index (χ2n) is 8.66. The Hall–Kier alpha value is -3.68. The molecule has 0 spiro atoms. The number of hydrogen-bond donors (Lipinski definition) is 2. The fourth-order valence-electron chi connectivity index (χ4n) is 3.86. The molecule has 0 heterocycles. The Morgan fingerprint density at radius 3 is 2.09 bits per heavy atom. The maximum absolute atomic E-state index is 12.6. The van der Waals surface area contributed by atoms with Crippen LogP contribution < -0.4 is 9.46 Å². The number of carboxylic acid groups (broad SMARTS) is 1. The number of benzene rings is 4. The number of sulfonamides is 1. The Morgan fingerprint density at radius 2 is 1.46 bits per heavy atom. The van der Waals surface area contributed by atoms with Crippen LogP contribution in [-0.4, -0.2) is 25.5 Å². The highest BCUT2D eigenvalue weighted by atomic mass is 32.2. The fraction of sp³-hybridized carbons (Fsp3) is 0.179. The Labute approximate surface area is 205 Å². The number of nitrogens with one attached hydrogen (secondary N) is 1. The van der Waals surface area contributed by atoms with Gasteiger partial charge >= 0.3 is 5.97 Å². The summed E-state index contributed by atoms with van der Waals surface area (Å²) in [6, 6.07) is 27.1. The number of fused-ring (bicyclic) bond motifs is 1. The van der Waals surface area contributed by atoms with Crippen LogP contribution in [0.5, 0.6) is 5.75 Å². The zero-order chi connectivity index (χ0) is 25.0. The second-order valence-corrected chi connectivity index (χ2v) is 10.4. The van der Waals surface area contributed by atoms with Gasteiger partial charge in [0.2, 0.25) is 10.0 Å². The third-order valence-electron chi connectivity index (χ3n) is 5.84. The van der Waals surface area contributed by atoms with E-state index in [0.29, 0.717) is 6.61 Å². The number of rotatable bonds is 9. The highest BCUT2D eigenvalue weighted by molar-refractivity contribution is 7.89. The Morgan fingerprint density at radius 1 is 0.857 bits per heavy atom. The minimum absolute atomic E-state index is 0.0168. The molecule has 0 aromatic heterocycles. The van der Waals surface area contributed by atoms with Gasteiger partial charge in [0, 0.05) is 0 Å². The molecule has 0 aliphatic carbocycles. The largest absolute Gasteiger partial charge is 0.489 e. The molecule has 4 rings (SSSR count). The third kappa shape index (κ3) is 5.70. The Kier molecular flexibility index (Phi) is 7.19. The molecule has 6 nitrogen and oxygen atoms in total. The number of ether oxygens (including phenoxy) is 1. The topological polar surface area (TPSA) is 92.7 Å². The first-order chi connectivity index (χ1) is 16.7. The lowest BCUT2D eigenvalue weighted by Crippen LogP contribution is -2.44. The molecule has 1 atom stereocenters. The predicted octanol–water partition coefficient (Wildman–Crippen LogP) is 5.47. The summed E-state index contributed by atoms with van der Waals surface area (Å²) in [4.78, 5) is 11.4. The van der Waals surface area contributed by atoms with E-state index >= 15 is 0 Å². The maximum atomic E-state index is 12.6. The number of aliphatic carboxylic acids is 1. The molecule has 0 aliphatic heterocycles. The molecule has 35 heavy (non-hydrogen) atoms. The van der Waals surface area contributed by atoms with Gasteiger partial charge in [-0.1, -0.05) is 80.6 Å². The van der Waals surface area contributed by atoms with E-state index in [1.54, 1.807) is 26.0 Å². The molecule has 0 aliphatic rings. The van der Waals surface area contributed by atoms with Crippen LogP contribution in [0.4, 0.5) is 0 Å². The molecular weight excluding hydrogens is 462 g/mol. The smallest absolute Gasteiger partial charge is 0.322 e. The minimum atomic E-state index is -3.96. The number of carboxylic acids is 1. The van der Waals surface area contributed by atoms with Crippen molar-refractivity contribution in [3.8, 4) is 16.9 Å². The molecule has 0 saturated carbocycles. The first kappa shape index (κ1) is 24.4. The van der Waals surface area contributed by atoms with Crippen LogP contribution in [0.1, 0.15) is 19.4 Å². The molecule has 1 unspecified atom stereocenters.